The van der Waals surface area contributed by atoms with Gasteiger partial charge in [-0.15, -0.1) is 0 Å². The van der Waals surface area contributed by atoms with Crippen LogP contribution in [-0.2, 0) is 17.0 Å². The Labute approximate surface area is 112 Å². The molecule has 0 aromatic carbocycles. The summed E-state index contributed by atoms with van der Waals surface area (Å²) in [5.41, 5.74) is 0. The first-order chi connectivity index (χ1) is 7.20. The van der Waals surface area contributed by atoms with Crippen LogP contribution in [0.2, 0.25) is 0 Å². The standard InChI is InChI=1S/C6H12.C6H10.2ClH.Ti/c2*1-6-4-2-3-5-6;;;/h6H,2-5H2,1H3;4H,2-3,5H2,1H3;2*1H;/q;;;;+2/p-2. The van der Waals surface area contributed by atoms with Crippen molar-refractivity contribution in [2.24, 2.45) is 5.92 Å². The maximum atomic E-state index is 4.89. The average Bonchev–Trinajstić information content (AvgIpc) is 2.81. The van der Waals surface area contributed by atoms with Crippen LogP contribution in [0.3, 0.4) is 0 Å². The van der Waals surface area contributed by atoms with Crippen LogP contribution in [-0.4, -0.2) is 0 Å². The van der Waals surface area contributed by atoms with Crippen LogP contribution in [0.15, 0.2) is 0 Å². The molecule has 0 N–H and O–H groups in total. The molecule has 0 aliphatic heterocycles. The topological polar surface area (TPSA) is 0 Å². The Kier molecular flexibility index (Phi) is 12.8. The van der Waals surface area contributed by atoms with Crippen LogP contribution in [0.5, 0.6) is 0 Å². The van der Waals surface area contributed by atoms with Crippen molar-refractivity contribution in [2.45, 2.75) is 58.8 Å². The molecule has 2 aliphatic rings. The molecule has 15 heavy (non-hydrogen) atoms. The Morgan fingerprint density at radius 2 is 1.73 bits per heavy atom. The van der Waals surface area contributed by atoms with E-state index in [4.69, 9.17) is 18.6 Å². The third-order valence-corrected chi connectivity index (χ3v) is 2.91. The molecule has 0 heterocycles. The van der Waals surface area contributed by atoms with E-state index in [0.29, 0.717) is 0 Å². The molecule has 0 bridgehead atoms. The summed E-state index contributed by atoms with van der Waals surface area (Å²) in [6.07, 6.45) is 12.3. The molecule has 2 fully saturated rings. The molecule has 0 saturated heterocycles. The van der Waals surface area contributed by atoms with Crippen molar-refractivity contribution in [3.63, 3.8) is 0 Å². The third kappa shape index (κ3) is 11.6. The molecule has 0 atom stereocenters. The van der Waals surface area contributed by atoms with Gasteiger partial charge in [0.25, 0.3) is 0 Å². The van der Waals surface area contributed by atoms with Gasteiger partial charge in [0.15, 0.2) is 0 Å². The van der Waals surface area contributed by atoms with E-state index in [2.05, 4.69) is 20.3 Å². The van der Waals surface area contributed by atoms with Gasteiger partial charge in [0.1, 0.15) is 0 Å². The van der Waals surface area contributed by atoms with Crippen LogP contribution in [0.25, 0.3) is 0 Å². The molecule has 2 saturated carbocycles. The predicted octanol–water partition coefficient (Wildman–Crippen LogP) is 5.54. The van der Waals surface area contributed by atoms with E-state index < -0.39 is 17.0 Å². The molecule has 3 heteroatoms. The van der Waals surface area contributed by atoms with Crippen LogP contribution >= 0.6 is 18.6 Å². The summed E-state index contributed by atoms with van der Waals surface area (Å²) in [4.78, 5) is 0. The van der Waals surface area contributed by atoms with Crippen molar-refractivity contribution < 1.29 is 17.0 Å². The Morgan fingerprint density at radius 3 is 1.87 bits per heavy atom. The van der Waals surface area contributed by atoms with Crippen LogP contribution in [0.4, 0.5) is 0 Å². The molecule has 2 radical (unpaired) electrons. The Bertz CT molecular complexity index is 105. The van der Waals surface area contributed by atoms with Crippen molar-refractivity contribution in [2.75, 3.05) is 0 Å². The van der Waals surface area contributed by atoms with E-state index in [1.165, 1.54) is 44.9 Å². The average molecular weight is 285 g/mol. The molecule has 2 aliphatic carbocycles. The summed E-state index contributed by atoms with van der Waals surface area (Å²) >= 11 is -0.556. The van der Waals surface area contributed by atoms with Crippen molar-refractivity contribution in [3.8, 4) is 0 Å². The van der Waals surface area contributed by atoms with E-state index in [-0.39, 0.29) is 0 Å². The van der Waals surface area contributed by atoms with Gasteiger partial charge in [-0.2, -0.15) is 0 Å². The first-order valence-electron chi connectivity index (χ1n) is 5.82. The summed E-state index contributed by atoms with van der Waals surface area (Å²) in [6, 6.07) is 0. The molecule has 0 unspecified atom stereocenters. The number of hydrogen-bond donors (Lipinski definition) is 0. The van der Waals surface area contributed by atoms with Gasteiger partial charge < -0.3 is 0 Å². The SMILES string of the molecule is CC1CCCC1.C[C]1[CH]CCC1.[Cl][Ti][Cl]. The summed E-state index contributed by atoms with van der Waals surface area (Å²) < 4.78 is 0. The summed E-state index contributed by atoms with van der Waals surface area (Å²) in [6.45, 7) is 4.54. The zero-order valence-electron chi connectivity index (χ0n) is 9.86. The number of hydrogen-bond acceptors (Lipinski definition) is 0. The zero-order valence-corrected chi connectivity index (χ0v) is 12.9. The quantitative estimate of drug-likeness (QED) is 0.512. The fraction of sp³-hybridized carbons (Fsp3) is 0.833. The molecule has 0 spiro atoms. The van der Waals surface area contributed by atoms with Gasteiger partial charge in [-0.3, -0.25) is 0 Å². The van der Waals surface area contributed by atoms with Gasteiger partial charge in [0, 0.05) is 0 Å². The molecule has 88 valence electrons. The monoisotopic (exact) mass is 284 g/mol. The summed E-state index contributed by atoms with van der Waals surface area (Å²) in [7, 11) is 9.78. The molecular weight excluding hydrogens is 263 g/mol. The van der Waals surface area contributed by atoms with Crippen LogP contribution < -0.4 is 0 Å². The first kappa shape index (κ1) is 16.3. The van der Waals surface area contributed by atoms with Crippen molar-refractivity contribution in [1.29, 1.82) is 0 Å². The van der Waals surface area contributed by atoms with Gasteiger partial charge in [0.2, 0.25) is 0 Å². The summed E-state index contributed by atoms with van der Waals surface area (Å²) in [5.74, 6) is 2.62. The van der Waals surface area contributed by atoms with Gasteiger partial charge in [-0.1, -0.05) is 46.0 Å². The van der Waals surface area contributed by atoms with E-state index in [0.717, 1.165) is 5.92 Å². The fourth-order valence-corrected chi connectivity index (χ4v) is 1.96. The third-order valence-electron chi connectivity index (χ3n) is 2.91. The van der Waals surface area contributed by atoms with E-state index >= 15 is 0 Å². The summed E-state index contributed by atoms with van der Waals surface area (Å²) in [5, 5.41) is 0. The van der Waals surface area contributed by atoms with Crippen molar-refractivity contribution in [1.82, 2.24) is 0 Å². The Hall–Kier alpha value is 1.29. The van der Waals surface area contributed by atoms with E-state index in [9.17, 15) is 0 Å². The minimum absolute atomic E-state index is 0.556. The van der Waals surface area contributed by atoms with Gasteiger partial charge in [-0.25, -0.2) is 0 Å². The molecule has 0 nitrogen and oxygen atoms in total. The molecule has 2 rings (SSSR count). The van der Waals surface area contributed by atoms with Crippen LogP contribution in [0.1, 0.15) is 58.8 Å². The molecule has 0 amide bonds. The predicted molar refractivity (Wildman–Crippen MR) is 66.4 cm³/mol. The van der Waals surface area contributed by atoms with Crippen molar-refractivity contribution >= 4 is 18.6 Å². The second-order valence-electron chi connectivity index (χ2n) is 4.40. The Morgan fingerprint density at radius 1 is 1.20 bits per heavy atom. The molecular formula is C12H22Cl2Ti. The molecule has 0 aromatic heterocycles. The van der Waals surface area contributed by atoms with Crippen LogP contribution in [0, 0.1) is 18.3 Å². The first-order valence-corrected chi connectivity index (χ1v) is 10.1. The Balaban J connectivity index is 0.000000210. The fourth-order valence-electron chi connectivity index (χ4n) is 1.96. The second kappa shape index (κ2) is 11.8. The zero-order chi connectivity index (χ0) is 11.5. The number of halogens is 2. The van der Waals surface area contributed by atoms with Crippen molar-refractivity contribution in [3.05, 3.63) is 12.3 Å². The maximum absolute atomic E-state index is 4.89. The minimum atomic E-state index is -0.556. The molecule has 0 aromatic rings. The number of rotatable bonds is 0. The van der Waals surface area contributed by atoms with E-state index in [1.54, 1.807) is 5.92 Å². The normalized spacial score (nSPS) is 21.3. The van der Waals surface area contributed by atoms with Gasteiger partial charge in [0.05, 0.1) is 0 Å². The van der Waals surface area contributed by atoms with E-state index in [1.807, 2.05) is 0 Å². The second-order valence-corrected chi connectivity index (χ2v) is 6.98. The van der Waals surface area contributed by atoms with Gasteiger partial charge >= 0.3 is 35.6 Å². The van der Waals surface area contributed by atoms with Gasteiger partial charge in [-0.05, 0) is 31.1 Å².